The van der Waals surface area contributed by atoms with Crippen molar-refractivity contribution in [3.05, 3.63) is 22.8 Å². The fourth-order valence-electron chi connectivity index (χ4n) is 2.43. The fourth-order valence-corrected chi connectivity index (χ4v) is 2.76. The highest BCUT2D eigenvalue weighted by atomic mass is 79.9. The van der Waals surface area contributed by atoms with E-state index in [0.29, 0.717) is 0 Å². The molecule has 0 radical (unpaired) electrons. The van der Waals surface area contributed by atoms with Crippen LogP contribution < -0.4 is 5.32 Å². The molecule has 102 valence electrons. The number of nitrogens with one attached hydrogen (secondary N) is 1. The first-order valence-corrected chi connectivity index (χ1v) is 7.44. The lowest BCUT2D eigenvalue weighted by atomic mass is 9.97. The molecule has 3 heterocycles. The SMILES string of the molecule is CN1CCC(CNc2nc3ccc(Br)cn3n2)CC1. The van der Waals surface area contributed by atoms with Gasteiger partial charge in [-0.2, -0.15) is 4.98 Å². The van der Waals surface area contributed by atoms with Crippen LogP contribution in [0.25, 0.3) is 5.65 Å². The molecule has 0 unspecified atom stereocenters. The molecule has 0 aliphatic carbocycles. The van der Waals surface area contributed by atoms with Crippen molar-refractivity contribution in [2.75, 3.05) is 32.0 Å². The van der Waals surface area contributed by atoms with Crippen LogP contribution in [-0.4, -0.2) is 46.2 Å². The van der Waals surface area contributed by atoms with Crippen molar-refractivity contribution >= 4 is 27.5 Å². The lowest BCUT2D eigenvalue weighted by Crippen LogP contribution is -2.33. The second-order valence-electron chi connectivity index (χ2n) is 5.21. The lowest BCUT2D eigenvalue weighted by molar-refractivity contribution is 0.226. The van der Waals surface area contributed by atoms with Crippen LogP contribution in [0.4, 0.5) is 5.95 Å². The van der Waals surface area contributed by atoms with Crippen LogP contribution in [0.2, 0.25) is 0 Å². The largest absolute Gasteiger partial charge is 0.353 e. The molecule has 3 rings (SSSR count). The number of pyridine rings is 1. The summed E-state index contributed by atoms with van der Waals surface area (Å²) in [6.45, 7) is 3.35. The number of fused-ring (bicyclic) bond motifs is 1. The number of nitrogens with zero attached hydrogens (tertiary/aromatic N) is 4. The quantitative estimate of drug-likeness (QED) is 0.941. The highest BCUT2D eigenvalue weighted by Gasteiger charge is 2.16. The van der Waals surface area contributed by atoms with Crippen molar-refractivity contribution in [2.45, 2.75) is 12.8 Å². The van der Waals surface area contributed by atoms with Gasteiger partial charge in [-0.1, -0.05) is 0 Å². The van der Waals surface area contributed by atoms with Crippen LogP contribution in [0.3, 0.4) is 0 Å². The van der Waals surface area contributed by atoms with Gasteiger partial charge in [0.25, 0.3) is 0 Å². The second-order valence-corrected chi connectivity index (χ2v) is 6.13. The number of likely N-dealkylation sites (tertiary alicyclic amines) is 1. The van der Waals surface area contributed by atoms with Gasteiger partial charge in [-0.05, 0) is 67.0 Å². The van der Waals surface area contributed by atoms with Crippen LogP contribution in [-0.2, 0) is 0 Å². The Labute approximate surface area is 121 Å². The standard InChI is InChI=1S/C13H18BrN5/c1-18-6-4-10(5-7-18)8-15-13-16-12-3-2-11(14)9-19(12)17-13/h2-3,9-10H,4-8H2,1H3,(H,15,17). The van der Waals surface area contributed by atoms with Gasteiger partial charge in [0.15, 0.2) is 5.65 Å². The molecule has 1 N–H and O–H groups in total. The number of anilines is 1. The monoisotopic (exact) mass is 323 g/mol. The predicted octanol–water partition coefficient (Wildman–Crippen LogP) is 2.25. The summed E-state index contributed by atoms with van der Waals surface area (Å²) >= 11 is 3.44. The minimum absolute atomic E-state index is 0.719. The van der Waals surface area contributed by atoms with Gasteiger partial charge in [0.1, 0.15) is 0 Å². The molecule has 2 aromatic rings. The molecule has 6 heteroatoms. The Morgan fingerprint density at radius 2 is 2.16 bits per heavy atom. The molecule has 0 spiro atoms. The van der Waals surface area contributed by atoms with Gasteiger partial charge in [0.2, 0.25) is 5.95 Å². The van der Waals surface area contributed by atoms with Crippen LogP contribution in [0.1, 0.15) is 12.8 Å². The fraction of sp³-hybridized carbons (Fsp3) is 0.538. The molecular formula is C13H18BrN5. The van der Waals surface area contributed by atoms with E-state index in [4.69, 9.17) is 0 Å². The van der Waals surface area contributed by atoms with Crippen molar-refractivity contribution in [3.8, 4) is 0 Å². The number of piperidine rings is 1. The first-order valence-electron chi connectivity index (χ1n) is 6.65. The minimum atomic E-state index is 0.719. The smallest absolute Gasteiger partial charge is 0.243 e. The molecule has 1 aliphatic heterocycles. The summed E-state index contributed by atoms with van der Waals surface area (Å²) in [5.41, 5.74) is 0.870. The van der Waals surface area contributed by atoms with Crippen LogP contribution in [0.5, 0.6) is 0 Å². The molecule has 0 aromatic carbocycles. The van der Waals surface area contributed by atoms with E-state index in [1.165, 1.54) is 25.9 Å². The van der Waals surface area contributed by atoms with Crippen molar-refractivity contribution in [2.24, 2.45) is 5.92 Å². The molecule has 2 aromatic heterocycles. The highest BCUT2D eigenvalue weighted by molar-refractivity contribution is 9.10. The first kappa shape index (κ1) is 12.9. The van der Waals surface area contributed by atoms with Crippen molar-refractivity contribution in [3.63, 3.8) is 0 Å². The van der Waals surface area contributed by atoms with E-state index in [2.05, 4.69) is 43.3 Å². The predicted molar refractivity (Wildman–Crippen MR) is 79.4 cm³/mol. The van der Waals surface area contributed by atoms with E-state index in [9.17, 15) is 0 Å². The zero-order valence-corrected chi connectivity index (χ0v) is 12.6. The number of hydrogen-bond acceptors (Lipinski definition) is 4. The second kappa shape index (κ2) is 5.46. The average Bonchev–Trinajstić information content (AvgIpc) is 2.80. The van der Waals surface area contributed by atoms with E-state index in [-0.39, 0.29) is 0 Å². The van der Waals surface area contributed by atoms with Crippen LogP contribution >= 0.6 is 15.9 Å². The summed E-state index contributed by atoms with van der Waals surface area (Å²) in [5, 5.41) is 7.79. The maximum Gasteiger partial charge on any atom is 0.243 e. The minimum Gasteiger partial charge on any atom is -0.353 e. The summed E-state index contributed by atoms with van der Waals surface area (Å²) < 4.78 is 2.80. The van der Waals surface area contributed by atoms with Crippen LogP contribution in [0.15, 0.2) is 22.8 Å². The Morgan fingerprint density at radius 3 is 2.95 bits per heavy atom. The number of rotatable bonds is 3. The van der Waals surface area contributed by atoms with E-state index in [1.807, 2.05) is 18.3 Å². The van der Waals surface area contributed by atoms with Crippen molar-refractivity contribution < 1.29 is 0 Å². The topological polar surface area (TPSA) is 45.5 Å². The first-order chi connectivity index (χ1) is 9.20. The van der Waals surface area contributed by atoms with E-state index in [1.54, 1.807) is 4.52 Å². The summed E-state index contributed by atoms with van der Waals surface area (Å²) in [6.07, 6.45) is 4.42. The molecular weight excluding hydrogens is 306 g/mol. The molecule has 1 saturated heterocycles. The van der Waals surface area contributed by atoms with Crippen molar-refractivity contribution in [1.82, 2.24) is 19.5 Å². The summed E-state index contributed by atoms with van der Waals surface area (Å²) in [4.78, 5) is 6.85. The van der Waals surface area contributed by atoms with Crippen LogP contribution in [0, 0.1) is 5.92 Å². The zero-order chi connectivity index (χ0) is 13.2. The average molecular weight is 324 g/mol. The molecule has 0 saturated carbocycles. The molecule has 1 fully saturated rings. The van der Waals surface area contributed by atoms with Gasteiger partial charge in [0.05, 0.1) is 0 Å². The van der Waals surface area contributed by atoms with Gasteiger partial charge in [-0.3, -0.25) is 0 Å². The summed E-state index contributed by atoms with van der Waals surface area (Å²) in [6, 6.07) is 3.93. The normalized spacial score (nSPS) is 18.0. The number of halogens is 1. The number of hydrogen-bond donors (Lipinski definition) is 1. The third kappa shape index (κ3) is 3.06. The molecule has 5 nitrogen and oxygen atoms in total. The van der Waals surface area contributed by atoms with E-state index < -0.39 is 0 Å². The maximum atomic E-state index is 4.46. The maximum absolute atomic E-state index is 4.46. The molecule has 0 amide bonds. The lowest BCUT2D eigenvalue weighted by Gasteiger charge is -2.28. The van der Waals surface area contributed by atoms with Crippen molar-refractivity contribution in [1.29, 1.82) is 0 Å². The third-order valence-electron chi connectivity index (χ3n) is 3.68. The molecule has 19 heavy (non-hydrogen) atoms. The van der Waals surface area contributed by atoms with E-state index in [0.717, 1.165) is 28.5 Å². The summed E-state index contributed by atoms with van der Waals surface area (Å²) in [7, 11) is 2.19. The Kier molecular flexibility index (Phi) is 3.70. The Balaban J connectivity index is 1.62. The zero-order valence-electron chi connectivity index (χ0n) is 11.0. The Bertz CT molecular complexity index is 559. The number of aromatic nitrogens is 3. The van der Waals surface area contributed by atoms with E-state index >= 15 is 0 Å². The van der Waals surface area contributed by atoms with Gasteiger partial charge in [-0.25, -0.2) is 4.52 Å². The molecule has 0 atom stereocenters. The van der Waals surface area contributed by atoms with Gasteiger partial charge < -0.3 is 10.2 Å². The Hall–Kier alpha value is -1.14. The Morgan fingerprint density at radius 1 is 1.37 bits per heavy atom. The highest BCUT2D eigenvalue weighted by Crippen LogP contribution is 2.17. The van der Waals surface area contributed by atoms with Gasteiger partial charge in [-0.15, -0.1) is 5.10 Å². The van der Waals surface area contributed by atoms with Gasteiger partial charge in [0, 0.05) is 17.2 Å². The molecule has 1 aliphatic rings. The van der Waals surface area contributed by atoms with Gasteiger partial charge >= 0.3 is 0 Å². The summed E-state index contributed by atoms with van der Waals surface area (Å²) in [5.74, 6) is 1.45. The molecule has 0 bridgehead atoms. The third-order valence-corrected chi connectivity index (χ3v) is 4.15.